The van der Waals surface area contributed by atoms with Crippen molar-refractivity contribution in [3.05, 3.63) is 35.9 Å². The molecular weight excluding hydrogens is 198 g/mol. The van der Waals surface area contributed by atoms with Crippen LogP contribution in [0.15, 0.2) is 30.3 Å². The van der Waals surface area contributed by atoms with E-state index in [1.54, 1.807) is 0 Å². The van der Waals surface area contributed by atoms with Gasteiger partial charge in [0.05, 0.1) is 0 Å². The molecule has 0 bridgehead atoms. The molecule has 1 heterocycles. The van der Waals surface area contributed by atoms with Gasteiger partial charge in [0.25, 0.3) is 0 Å². The zero-order valence-corrected chi connectivity index (χ0v) is 9.61. The monoisotopic (exact) mass is 217 g/mol. The lowest BCUT2D eigenvalue weighted by Crippen LogP contribution is -2.21. The lowest BCUT2D eigenvalue weighted by atomic mass is 10.0. The lowest BCUT2D eigenvalue weighted by Gasteiger charge is -2.08. The molecule has 1 N–H and O–H groups in total. The Morgan fingerprint density at radius 2 is 2.12 bits per heavy atom. The molecule has 1 aliphatic heterocycles. The molecule has 2 heteroatoms. The van der Waals surface area contributed by atoms with Crippen molar-refractivity contribution in [1.29, 1.82) is 0 Å². The molecule has 1 atom stereocenters. The lowest BCUT2D eigenvalue weighted by molar-refractivity contribution is 0.0978. The maximum Gasteiger partial charge on any atom is 0.162 e. The maximum absolute atomic E-state index is 11.8. The number of rotatable bonds is 5. The molecule has 0 spiro atoms. The van der Waals surface area contributed by atoms with E-state index in [1.807, 2.05) is 30.3 Å². The Bertz CT molecular complexity index is 328. The molecule has 1 aliphatic rings. The number of ketones is 1. The van der Waals surface area contributed by atoms with Crippen molar-refractivity contribution in [1.82, 2.24) is 5.32 Å². The Morgan fingerprint density at radius 3 is 2.81 bits per heavy atom. The van der Waals surface area contributed by atoms with Crippen LogP contribution in [0.2, 0.25) is 0 Å². The van der Waals surface area contributed by atoms with E-state index in [2.05, 4.69) is 5.32 Å². The number of carbonyl (C=O) groups is 1. The van der Waals surface area contributed by atoms with E-state index in [4.69, 9.17) is 0 Å². The maximum atomic E-state index is 11.8. The number of benzene rings is 1. The topological polar surface area (TPSA) is 29.1 Å². The highest BCUT2D eigenvalue weighted by atomic mass is 16.1. The molecule has 2 nitrogen and oxygen atoms in total. The van der Waals surface area contributed by atoms with Crippen LogP contribution in [0.5, 0.6) is 0 Å². The number of nitrogens with one attached hydrogen (secondary N) is 1. The highest BCUT2D eigenvalue weighted by molar-refractivity contribution is 5.95. The Kier molecular flexibility index (Phi) is 4.11. The minimum absolute atomic E-state index is 0.276. The van der Waals surface area contributed by atoms with E-state index in [0.29, 0.717) is 12.5 Å². The Hall–Kier alpha value is -1.15. The van der Waals surface area contributed by atoms with Crippen LogP contribution in [0.4, 0.5) is 0 Å². The molecule has 0 aromatic heterocycles. The molecule has 86 valence electrons. The largest absolute Gasteiger partial charge is 0.314 e. The zero-order chi connectivity index (χ0) is 11.2. The summed E-state index contributed by atoms with van der Waals surface area (Å²) in [5.41, 5.74) is 0.849. The van der Waals surface area contributed by atoms with Gasteiger partial charge in [-0.15, -0.1) is 0 Å². The number of hydrogen-bond acceptors (Lipinski definition) is 2. The molecule has 1 saturated heterocycles. The number of Topliss-reactive ketones (excluding diaryl/α,β-unsaturated/α-hetero) is 1. The van der Waals surface area contributed by atoms with Crippen molar-refractivity contribution < 1.29 is 4.79 Å². The molecule has 0 radical (unpaired) electrons. The van der Waals surface area contributed by atoms with E-state index in [9.17, 15) is 4.79 Å². The SMILES string of the molecule is O=C(CCCC1CCCN1)c1ccccc1. The number of carbonyl (C=O) groups excluding carboxylic acids is 1. The van der Waals surface area contributed by atoms with E-state index >= 15 is 0 Å². The van der Waals surface area contributed by atoms with Crippen LogP contribution in [0.25, 0.3) is 0 Å². The average molecular weight is 217 g/mol. The summed E-state index contributed by atoms with van der Waals surface area (Å²) in [6.07, 6.45) is 5.39. The normalized spacial score (nSPS) is 19.9. The number of hydrogen-bond donors (Lipinski definition) is 1. The molecule has 0 aliphatic carbocycles. The first-order valence-corrected chi connectivity index (χ1v) is 6.18. The molecular formula is C14H19NO. The molecule has 1 aromatic rings. The summed E-state index contributed by atoms with van der Waals surface area (Å²) in [6, 6.07) is 10.2. The first kappa shape index (κ1) is 11.3. The van der Waals surface area contributed by atoms with E-state index in [1.165, 1.54) is 12.8 Å². The van der Waals surface area contributed by atoms with Gasteiger partial charge in [-0.2, -0.15) is 0 Å². The summed E-state index contributed by atoms with van der Waals surface area (Å²) in [7, 11) is 0. The van der Waals surface area contributed by atoms with Gasteiger partial charge < -0.3 is 5.32 Å². The molecule has 0 saturated carbocycles. The highest BCUT2D eigenvalue weighted by Gasteiger charge is 2.14. The van der Waals surface area contributed by atoms with E-state index < -0.39 is 0 Å². The zero-order valence-electron chi connectivity index (χ0n) is 9.61. The van der Waals surface area contributed by atoms with Crippen LogP contribution in [-0.4, -0.2) is 18.4 Å². The first-order chi connectivity index (χ1) is 7.86. The second-order valence-electron chi connectivity index (χ2n) is 4.47. The van der Waals surface area contributed by atoms with Crippen LogP contribution < -0.4 is 5.32 Å². The van der Waals surface area contributed by atoms with Gasteiger partial charge in [0.1, 0.15) is 0 Å². The molecule has 1 fully saturated rings. The standard InChI is InChI=1S/C14H19NO/c16-14(12-6-2-1-3-7-12)10-4-8-13-9-5-11-15-13/h1-3,6-7,13,15H,4-5,8-11H2. The van der Waals surface area contributed by atoms with Crippen molar-refractivity contribution in [3.63, 3.8) is 0 Å². The Balaban J connectivity index is 1.71. The van der Waals surface area contributed by atoms with Gasteiger partial charge in [-0.3, -0.25) is 4.79 Å². The van der Waals surface area contributed by atoms with Crippen molar-refractivity contribution >= 4 is 5.78 Å². The van der Waals surface area contributed by atoms with Gasteiger partial charge in [0, 0.05) is 18.0 Å². The minimum Gasteiger partial charge on any atom is -0.314 e. The first-order valence-electron chi connectivity index (χ1n) is 6.18. The predicted molar refractivity (Wildman–Crippen MR) is 65.6 cm³/mol. The quantitative estimate of drug-likeness (QED) is 0.768. The van der Waals surface area contributed by atoms with Crippen molar-refractivity contribution in [3.8, 4) is 0 Å². The third-order valence-electron chi connectivity index (χ3n) is 3.21. The fourth-order valence-corrected chi connectivity index (χ4v) is 2.28. The van der Waals surface area contributed by atoms with E-state index in [0.717, 1.165) is 24.9 Å². The van der Waals surface area contributed by atoms with Crippen molar-refractivity contribution in [2.75, 3.05) is 6.54 Å². The van der Waals surface area contributed by atoms with E-state index in [-0.39, 0.29) is 5.78 Å². The van der Waals surface area contributed by atoms with Crippen molar-refractivity contribution in [2.24, 2.45) is 0 Å². The average Bonchev–Trinajstić information content (AvgIpc) is 2.83. The van der Waals surface area contributed by atoms with Gasteiger partial charge in [-0.05, 0) is 32.2 Å². The second kappa shape index (κ2) is 5.80. The summed E-state index contributed by atoms with van der Waals surface area (Å²) in [4.78, 5) is 11.8. The van der Waals surface area contributed by atoms with Crippen LogP contribution in [0, 0.1) is 0 Å². The van der Waals surface area contributed by atoms with Crippen LogP contribution in [0.1, 0.15) is 42.5 Å². The van der Waals surface area contributed by atoms with Crippen LogP contribution in [-0.2, 0) is 0 Å². The molecule has 2 rings (SSSR count). The summed E-state index contributed by atoms with van der Waals surface area (Å²) < 4.78 is 0. The fraction of sp³-hybridized carbons (Fsp3) is 0.500. The van der Waals surface area contributed by atoms with Crippen LogP contribution >= 0.6 is 0 Å². The third-order valence-corrected chi connectivity index (χ3v) is 3.21. The molecule has 0 amide bonds. The molecule has 1 unspecified atom stereocenters. The predicted octanol–water partition coefficient (Wildman–Crippen LogP) is 2.79. The fourth-order valence-electron chi connectivity index (χ4n) is 2.28. The van der Waals surface area contributed by atoms with Gasteiger partial charge >= 0.3 is 0 Å². The smallest absolute Gasteiger partial charge is 0.162 e. The summed E-state index contributed by atoms with van der Waals surface area (Å²) in [5.74, 6) is 0.276. The minimum atomic E-state index is 0.276. The molecule has 16 heavy (non-hydrogen) atoms. The van der Waals surface area contributed by atoms with Crippen LogP contribution in [0.3, 0.4) is 0 Å². The summed E-state index contributed by atoms with van der Waals surface area (Å²) in [5, 5.41) is 3.46. The summed E-state index contributed by atoms with van der Waals surface area (Å²) >= 11 is 0. The van der Waals surface area contributed by atoms with Gasteiger partial charge in [0.15, 0.2) is 5.78 Å². The molecule has 1 aromatic carbocycles. The van der Waals surface area contributed by atoms with Gasteiger partial charge in [-0.1, -0.05) is 30.3 Å². The van der Waals surface area contributed by atoms with Gasteiger partial charge in [0.2, 0.25) is 0 Å². The Morgan fingerprint density at radius 1 is 1.31 bits per heavy atom. The third kappa shape index (κ3) is 3.17. The highest BCUT2D eigenvalue weighted by Crippen LogP contribution is 2.13. The Labute approximate surface area is 97.1 Å². The van der Waals surface area contributed by atoms with Crippen molar-refractivity contribution in [2.45, 2.75) is 38.1 Å². The van der Waals surface area contributed by atoms with Gasteiger partial charge in [-0.25, -0.2) is 0 Å². The second-order valence-corrected chi connectivity index (χ2v) is 4.47. The summed E-state index contributed by atoms with van der Waals surface area (Å²) in [6.45, 7) is 1.15.